The summed E-state index contributed by atoms with van der Waals surface area (Å²) in [5, 5.41) is 21.6. The lowest BCUT2D eigenvalue weighted by Gasteiger charge is -2.43. The number of hydrogen-bond acceptors (Lipinski definition) is 8. The molecule has 2 fully saturated rings. The van der Waals surface area contributed by atoms with Crippen LogP contribution in [0.4, 0.5) is 5.82 Å². The molecule has 0 radical (unpaired) electrons. The summed E-state index contributed by atoms with van der Waals surface area (Å²) < 4.78 is 1.93. The van der Waals surface area contributed by atoms with Crippen molar-refractivity contribution in [3.8, 4) is 17.2 Å². The molecular weight excluding hydrogens is 609 g/mol. The molecule has 45 heavy (non-hydrogen) atoms. The third-order valence-corrected chi connectivity index (χ3v) is 9.85. The van der Waals surface area contributed by atoms with Crippen LogP contribution < -0.4 is 4.90 Å². The van der Waals surface area contributed by atoms with E-state index in [-0.39, 0.29) is 24.4 Å². The number of carbonyl (C=O) groups is 1. The number of fused-ring (bicyclic) bond motifs is 4. The highest BCUT2D eigenvalue weighted by Gasteiger charge is 2.36. The van der Waals surface area contributed by atoms with E-state index >= 15 is 0 Å². The van der Waals surface area contributed by atoms with Crippen molar-refractivity contribution >= 4 is 67.8 Å². The first-order valence-electron chi connectivity index (χ1n) is 14.9. The maximum Gasteiger partial charge on any atom is 0.246 e. The van der Waals surface area contributed by atoms with Crippen molar-refractivity contribution in [2.45, 2.75) is 37.4 Å². The Morgan fingerprint density at radius 1 is 1.18 bits per heavy atom. The topological polar surface area (TPSA) is 107 Å². The Morgan fingerprint density at radius 2 is 1.98 bits per heavy atom. The number of pyridine rings is 2. The van der Waals surface area contributed by atoms with Crippen molar-refractivity contribution < 1.29 is 4.79 Å². The number of carbonyl (C=O) groups excluding carboxylic acids is 1. The van der Waals surface area contributed by atoms with Crippen molar-refractivity contribution in [3.05, 3.63) is 65.3 Å². The summed E-state index contributed by atoms with van der Waals surface area (Å²) in [6, 6.07) is 14.0. The molecule has 1 amide bonds. The predicted octanol–water partition coefficient (Wildman–Crippen LogP) is 5.88. The Hall–Kier alpha value is -4.30. The SMILES string of the molecule is C=CC(=O)N1CC[C@H](n2nnc3c(N4CC(N(C)C)C4)nc4c(Cl)c(-c5cccc6cccnc56)c(Cl)cc4c32)C[C@H]1CC#N. The zero-order valence-electron chi connectivity index (χ0n) is 25.0. The highest BCUT2D eigenvalue weighted by atomic mass is 35.5. The van der Waals surface area contributed by atoms with Gasteiger partial charge in [-0.2, -0.15) is 5.26 Å². The average molecular weight is 641 g/mol. The Bertz CT molecular complexity index is 2020. The molecule has 0 N–H and O–H groups in total. The van der Waals surface area contributed by atoms with E-state index in [0.717, 1.165) is 46.3 Å². The molecule has 228 valence electrons. The van der Waals surface area contributed by atoms with Gasteiger partial charge >= 0.3 is 0 Å². The van der Waals surface area contributed by atoms with Crippen LogP contribution in [0.1, 0.15) is 25.3 Å². The molecule has 0 bridgehead atoms. The van der Waals surface area contributed by atoms with Crippen LogP contribution >= 0.6 is 23.2 Å². The number of halogens is 2. The summed E-state index contributed by atoms with van der Waals surface area (Å²) in [4.78, 5) is 28.5. The normalized spacial score (nSPS) is 18.9. The van der Waals surface area contributed by atoms with Crippen LogP contribution in [-0.2, 0) is 4.79 Å². The largest absolute Gasteiger partial charge is 0.351 e. The standard InChI is InChI=1S/C33H31Cl2N9O/c1-4-26(45)43-14-11-21(15-20(43)10-12-36)44-32-24-16-25(34)27(23-9-5-7-19-8-6-13-37-29(19)23)28(35)30(24)38-33(31(32)39-40-44)42-17-22(18-42)41(2)3/h4-9,13,16,20-22H,1,10-11,14-15,17-18H2,2-3H3/t20-,21+/m1/s1. The molecule has 5 heterocycles. The smallest absolute Gasteiger partial charge is 0.246 e. The molecule has 2 atom stereocenters. The van der Waals surface area contributed by atoms with Gasteiger partial charge in [0, 0.05) is 59.8 Å². The quantitative estimate of drug-likeness (QED) is 0.212. The molecule has 2 saturated heterocycles. The van der Waals surface area contributed by atoms with Crippen LogP contribution in [0.25, 0.3) is 44.0 Å². The molecule has 5 aromatic rings. The second kappa shape index (κ2) is 11.6. The van der Waals surface area contributed by atoms with Gasteiger partial charge in [-0.25, -0.2) is 9.67 Å². The monoisotopic (exact) mass is 639 g/mol. The number of likely N-dealkylation sites (N-methyl/N-ethyl adjacent to an activating group) is 1. The van der Waals surface area contributed by atoms with Gasteiger partial charge in [0.2, 0.25) is 5.91 Å². The fourth-order valence-electron chi connectivity index (χ4n) is 6.69. The number of amides is 1. The second-order valence-electron chi connectivity index (χ2n) is 11.9. The number of nitrogens with zero attached hydrogens (tertiary/aromatic N) is 9. The first-order valence-corrected chi connectivity index (χ1v) is 15.7. The first-order chi connectivity index (χ1) is 21.8. The molecule has 2 aliphatic heterocycles. The number of para-hydroxylation sites is 1. The van der Waals surface area contributed by atoms with Gasteiger partial charge in [-0.15, -0.1) is 5.10 Å². The van der Waals surface area contributed by atoms with E-state index in [9.17, 15) is 10.1 Å². The number of likely N-dealkylation sites (tertiary alicyclic amines) is 1. The maximum atomic E-state index is 12.6. The van der Waals surface area contributed by atoms with Gasteiger partial charge in [0.1, 0.15) is 5.52 Å². The number of benzene rings is 2. The molecule has 12 heteroatoms. The van der Waals surface area contributed by atoms with E-state index in [0.29, 0.717) is 52.1 Å². The van der Waals surface area contributed by atoms with Crippen LogP contribution in [0.2, 0.25) is 10.0 Å². The molecule has 10 nitrogen and oxygen atoms in total. The molecular formula is C33H31Cl2N9O. The van der Waals surface area contributed by atoms with E-state index in [4.69, 9.17) is 28.2 Å². The fraction of sp³-hybridized carbons (Fsp3) is 0.333. The van der Waals surface area contributed by atoms with Crippen molar-refractivity contribution in [1.82, 2.24) is 34.8 Å². The lowest BCUT2D eigenvalue weighted by atomic mass is 9.94. The van der Waals surface area contributed by atoms with Gasteiger partial charge in [-0.3, -0.25) is 9.78 Å². The van der Waals surface area contributed by atoms with Gasteiger partial charge in [0.25, 0.3) is 0 Å². The molecule has 2 aromatic carbocycles. The van der Waals surface area contributed by atoms with Gasteiger partial charge in [-0.1, -0.05) is 59.3 Å². The molecule has 0 unspecified atom stereocenters. The summed E-state index contributed by atoms with van der Waals surface area (Å²) in [5.41, 5.74) is 4.38. The predicted molar refractivity (Wildman–Crippen MR) is 177 cm³/mol. The third kappa shape index (κ3) is 4.86. The highest BCUT2D eigenvalue weighted by Crippen LogP contribution is 2.45. The van der Waals surface area contributed by atoms with Gasteiger partial charge < -0.3 is 14.7 Å². The minimum atomic E-state index is -0.264. The summed E-state index contributed by atoms with van der Waals surface area (Å²) in [6.07, 6.45) is 4.49. The zero-order chi connectivity index (χ0) is 31.4. The summed E-state index contributed by atoms with van der Waals surface area (Å²) in [6.45, 7) is 5.72. The third-order valence-electron chi connectivity index (χ3n) is 9.18. The number of nitriles is 1. The van der Waals surface area contributed by atoms with Crippen molar-refractivity contribution in [3.63, 3.8) is 0 Å². The zero-order valence-corrected chi connectivity index (χ0v) is 26.5. The fourth-order valence-corrected chi connectivity index (χ4v) is 7.40. The van der Waals surface area contributed by atoms with Crippen LogP contribution in [-0.4, -0.2) is 86.5 Å². The number of hydrogen-bond donors (Lipinski definition) is 0. The highest BCUT2D eigenvalue weighted by molar-refractivity contribution is 6.44. The first kappa shape index (κ1) is 29.4. The Kier molecular flexibility index (Phi) is 7.56. The number of piperidine rings is 1. The Morgan fingerprint density at radius 3 is 2.73 bits per heavy atom. The van der Waals surface area contributed by atoms with Crippen molar-refractivity contribution in [2.75, 3.05) is 38.6 Å². The van der Waals surface area contributed by atoms with Gasteiger partial charge in [0.05, 0.1) is 39.6 Å². The summed E-state index contributed by atoms with van der Waals surface area (Å²) >= 11 is 14.4. The van der Waals surface area contributed by atoms with Gasteiger partial charge in [0.15, 0.2) is 11.3 Å². The minimum Gasteiger partial charge on any atom is -0.351 e. The van der Waals surface area contributed by atoms with E-state index < -0.39 is 0 Å². The summed E-state index contributed by atoms with van der Waals surface area (Å²) in [7, 11) is 4.15. The summed E-state index contributed by atoms with van der Waals surface area (Å²) in [5.74, 6) is 0.553. The Labute approximate surface area is 270 Å². The lowest BCUT2D eigenvalue weighted by molar-refractivity contribution is -0.130. The van der Waals surface area contributed by atoms with Crippen molar-refractivity contribution in [2.24, 2.45) is 0 Å². The lowest BCUT2D eigenvalue weighted by Crippen LogP contribution is -2.57. The molecule has 3 aromatic heterocycles. The van der Waals surface area contributed by atoms with E-state index in [1.165, 1.54) is 6.08 Å². The molecule has 0 saturated carbocycles. The van der Waals surface area contributed by atoms with E-state index in [1.807, 2.05) is 41.1 Å². The molecule has 0 spiro atoms. The van der Waals surface area contributed by atoms with Crippen molar-refractivity contribution in [1.29, 1.82) is 5.26 Å². The average Bonchev–Trinajstić information content (AvgIpc) is 3.46. The van der Waals surface area contributed by atoms with E-state index in [1.54, 1.807) is 11.1 Å². The minimum absolute atomic E-state index is 0.105. The number of anilines is 1. The number of rotatable bonds is 6. The molecule has 2 aliphatic rings. The molecule has 7 rings (SSSR count). The van der Waals surface area contributed by atoms with Crippen LogP contribution in [0.3, 0.4) is 0 Å². The molecule has 0 aliphatic carbocycles. The van der Waals surface area contributed by atoms with E-state index in [2.05, 4.69) is 51.8 Å². The van der Waals surface area contributed by atoms with Gasteiger partial charge in [-0.05, 0) is 45.1 Å². The van der Waals surface area contributed by atoms with Crippen LogP contribution in [0.15, 0.2) is 55.3 Å². The van der Waals surface area contributed by atoms with Crippen LogP contribution in [0.5, 0.6) is 0 Å². The number of aromatic nitrogens is 5. The Balaban J connectivity index is 1.43. The van der Waals surface area contributed by atoms with Crippen LogP contribution in [0, 0.1) is 11.3 Å². The second-order valence-corrected chi connectivity index (χ2v) is 12.7. The maximum absolute atomic E-state index is 12.6.